The zero-order valence-corrected chi connectivity index (χ0v) is 9.39. The number of carboxylic acids is 1. The fourth-order valence-electron chi connectivity index (χ4n) is 1.17. The molecular formula is C9H8O7S. The maximum absolute atomic E-state index is 11.1. The minimum absolute atomic E-state index is 0.127. The lowest BCUT2D eigenvalue weighted by Gasteiger charge is -2.05. The lowest BCUT2D eigenvalue weighted by atomic mass is 10.1. The van der Waals surface area contributed by atoms with Crippen molar-refractivity contribution in [2.24, 2.45) is 0 Å². The quantitative estimate of drug-likeness (QED) is 0.597. The van der Waals surface area contributed by atoms with Crippen molar-refractivity contribution < 1.29 is 32.4 Å². The molecule has 17 heavy (non-hydrogen) atoms. The summed E-state index contributed by atoms with van der Waals surface area (Å²) in [6, 6.07) is 2.68. The summed E-state index contributed by atoms with van der Waals surface area (Å²) in [7, 11) is -3.56. The van der Waals surface area contributed by atoms with Gasteiger partial charge >= 0.3 is 11.9 Å². The van der Waals surface area contributed by atoms with E-state index in [0.717, 1.165) is 25.3 Å². The van der Waals surface area contributed by atoms with Gasteiger partial charge in [-0.25, -0.2) is 9.59 Å². The van der Waals surface area contributed by atoms with Gasteiger partial charge in [-0.3, -0.25) is 4.55 Å². The van der Waals surface area contributed by atoms with E-state index >= 15 is 0 Å². The summed E-state index contributed by atoms with van der Waals surface area (Å²) in [6.45, 7) is 0. The number of ether oxygens (including phenoxy) is 1. The van der Waals surface area contributed by atoms with E-state index in [0.29, 0.717) is 0 Å². The fourth-order valence-corrected chi connectivity index (χ4v) is 1.83. The van der Waals surface area contributed by atoms with Crippen LogP contribution in [0.2, 0.25) is 0 Å². The second-order valence-corrected chi connectivity index (χ2v) is 4.37. The first-order valence-electron chi connectivity index (χ1n) is 4.20. The van der Waals surface area contributed by atoms with Crippen molar-refractivity contribution in [1.29, 1.82) is 0 Å². The van der Waals surface area contributed by atoms with Crippen LogP contribution in [0, 0.1) is 0 Å². The Balaban J connectivity index is 3.48. The minimum Gasteiger partial charge on any atom is -0.478 e. The molecule has 0 saturated heterocycles. The molecule has 2 N–H and O–H groups in total. The van der Waals surface area contributed by atoms with Crippen molar-refractivity contribution in [3.63, 3.8) is 0 Å². The number of carboxylic acid groups (broad SMARTS) is 1. The van der Waals surface area contributed by atoms with Gasteiger partial charge in [0.2, 0.25) is 0 Å². The van der Waals surface area contributed by atoms with Crippen LogP contribution in [0.25, 0.3) is 0 Å². The summed E-state index contributed by atoms with van der Waals surface area (Å²) in [6.07, 6.45) is 0. The SMILES string of the molecule is COC(=O)c1ccc(S(=O)(=O)O)c(C(=O)O)c1. The van der Waals surface area contributed by atoms with E-state index in [4.69, 9.17) is 9.66 Å². The molecule has 0 aliphatic carbocycles. The zero-order valence-electron chi connectivity index (χ0n) is 8.58. The van der Waals surface area contributed by atoms with Gasteiger partial charge in [-0.15, -0.1) is 0 Å². The molecule has 0 amide bonds. The highest BCUT2D eigenvalue weighted by Crippen LogP contribution is 2.18. The molecule has 8 heteroatoms. The maximum atomic E-state index is 11.1. The van der Waals surface area contributed by atoms with Gasteiger partial charge in [0.1, 0.15) is 4.90 Å². The summed E-state index contributed by atoms with van der Waals surface area (Å²) in [5.41, 5.74) is -0.826. The summed E-state index contributed by atoms with van der Waals surface area (Å²) >= 11 is 0. The standard InChI is InChI=1S/C9H8O7S/c1-16-9(12)5-2-3-7(17(13,14)15)6(4-5)8(10)11/h2-4H,1H3,(H,10,11)(H,13,14,15). The molecule has 0 unspecified atom stereocenters. The van der Waals surface area contributed by atoms with E-state index in [-0.39, 0.29) is 5.56 Å². The molecule has 0 bridgehead atoms. The molecule has 0 aliphatic heterocycles. The summed E-state index contributed by atoms with van der Waals surface area (Å²) in [5.74, 6) is -2.39. The number of carbonyl (C=O) groups is 2. The van der Waals surface area contributed by atoms with Gasteiger partial charge in [0.25, 0.3) is 10.1 Å². The third kappa shape index (κ3) is 2.80. The van der Waals surface area contributed by atoms with Gasteiger partial charge in [0.15, 0.2) is 0 Å². The van der Waals surface area contributed by atoms with Crippen molar-refractivity contribution in [3.8, 4) is 0 Å². The monoisotopic (exact) mass is 260 g/mol. The van der Waals surface area contributed by atoms with E-state index in [1.54, 1.807) is 0 Å². The van der Waals surface area contributed by atoms with Gasteiger partial charge in [0.05, 0.1) is 18.2 Å². The first kappa shape index (κ1) is 13.1. The average Bonchev–Trinajstić information content (AvgIpc) is 2.25. The molecule has 0 saturated carbocycles. The Kier molecular flexibility index (Phi) is 3.49. The van der Waals surface area contributed by atoms with Gasteiger partial charge in [-0.05, 0) is 18.2 Å². The smallest absolute Gasteiger partial charge is 0.337 e. The molecule has 0 aromatic heterocycles. The Bertz CT molecular complexity index is 573. The van der Waals surface area contributed by atoms with Crippen LogP contribution in [-0.2, 0) is 14.9 Å². The van der Waals surface area contributed by atoms with E-state index < -0.39 is 32.5 Å². The molecule has 1 rings (SSSR count). The predicted octanol–water partition coefficient (Wildman–Crippen LogP) is 0.418. The van der Waals surface area contributed by atoms with Crippen molar-refractivity contribution in [2.75, 3.05) is 7.11 Å². The zero-order chi connectivity index (χ0) is 13.2. The van der Waals surface area contributed by atoms with Crippen LogP contribution >= 0.6 is 0 Å². The lowest BCUT2D eigenvalue weighted by Crippen LogP contribution is -2.11. The molecule has 0 spiro atoms. The second-order valence-electron chi connectivity index (χ2n) is 2.98. The molecule has 7 nitrogen and oxygen atoms in total. The van der Waals surface area contributed by atoms with Gasteiger partial charge in [0, 0.05) is 0 Å². The molecule has 1 aromatic carbocycles. The number of benzene rings is 1. The van der Waals surface area contributed by atoms with Crippen molar-refractivity contribution in [1.82, 2.24) is 0 Å². The van der Waals surface area contributed by atoms with Gasteiger partial charge in [-0.1, -0.05) is 0 Å². The first-order chi connectivity index (χ1) is 7.77. The van der Waals surface area contributed by atoms with Crippen LogP contribution in [0.1, 0.15) is 20.7 Å². The van der Waals surface area contributed by atoms with Crippen LogP contribution in [0.4, 0.5) is 0 Å². The molecule has 0 radical (unpaired) electrons. The molecule has 0 aliphatic rings. The van der Waals surface area contributed by atoms with E-state index in [9.17, 15) is 18.0 Å². The average molecular weight is 260 g/mol. The van der Waals surface area contributed by atoms with Crippen molar-refractivity contribution in [2.45, 2.75) is 4.90 Å². The summed E-state index contributed by atoms with van der Waals surface area (Å²) < 4.78 is 34.9. The molecule has 0 atom stereocenters. The number of aromatic carboxylic acids is 1. The second kappa shape index (κ2) is 4.52. The number of carbonyl (C=O) groups excluding carboxylic acids is 1. The van der Waals surface area contributed by atoms with E-state index in [1.165, 1.54) is 0 Å². The molecule has 1 aromatic rings. The normalized spacial score (nSPS) is 10.9. The minimum atomic E-state index is -4.66. The number of esters is 1. The largest absolute Gasteiger partial charge is 0.478 e. The lowest BCUT2D eigenvalue weighted by molar-refractivity contribution is 0.0600. The number of methoxy groups -OCH3 is 1. The highest BCUT2D eigenvalue weighted by Gasteiger charge is 2.22. The van der Waals surface area contributed by atoms with E-state index in [2.05, 4.69) is 4.74 Å². The van der Waals surface area contributed by atoms with Crippen LogP contribution in [0.5, 0.6) is 0 Å². The topological polar surface area (TPSA) is 118 Å². The Labute approximate surface area is 96.4 Å². The molecule has 0 heterocycles. The number of hydrogen-bond donors (Lipinski definition) is 2. The number of hydrogen-bond acceptors (Lipinski definition) is 5. The Hall–Kier alpha value is -1.93. The third-order valence-electron chi connectivity index (χ3n) is 1.91. The fraction of sp³-hybridized carbons (Fsp3) is 0.111. The third-order valence-corrected chi connectivity index (χ3v) is 2.82. The number of rotatable bonds is 3. The van der Waals surface area contributed by atoms with Crippen molar-refractivity contribution >= 4 is 22.1 Å². The van der Waals surface area contributed by atoms with E-state index in [1.807, 2.05) is 0 Å². The van der Waals surface area contributed by atoms with Crippen LogP contribution in [0.15, 0.2) is 23.1 Å². The van der Waals surface area contributed by atoms with Crippen LogP contribution in [0.3, 0.4) is 0 Å². The highest BCUT2D eigenvalue weighted by molar-refractivity contribution is 7.86. The Morgan fingerprint density at radius 3 is 2.29 bits per heavy atom. The van der Waals surface area contributed by atoms with Gasteiger partial charge < -0.3 is 9.84 Å². The van der Waals surface area contributed by atoms with Gasteiger partial charge in [-0.2, -0.15) is 8.42 Å². The summed E-state index contributed by atoms with van der Waals surface area (Å²) in [5, 5.41) is 8.78. The highest BCUT2D eigenvalue weighted by atomic mass is 32.2. The van der Waals surface area contributed by atoms with Crippen LogP contribution in [-0.4, -0.2) is 37.1 Å². The summed E-state index contributed by atoms with van der Waals surface area (Å²) in [4.78, 5) is 21.1. The maximum Gasteiger partial charge on any atom is 0.337 e. The molecule has 92 valence electrons. The van der Waals surface area contributed by atoms with Crippen LogP contribution < -0.4 is 0 Å². The Morgan fingerprint density at radius 1 is 1.29 bits per heavy atom. The first-order valence-corrected chi connectivity index (χ1v) is 5.64. The Morgan fingerprint density at radius 2 is 1.88 bits per heavy atom. The van der Waals surface area contributed by atoms with Crippen molar-refractivity contribution in [3.05, 3.63) is 29.3 Å². The molecular weight excluding hydrogens is 252 g/mol. The predicted molar refractivity (Wildman–Crippen MR) is 54.6 cm³/mol. The molecule has 0 fully saturated rings.